The SMILES string of the molecule is Cc1nn(CC(C)C)c(C)c1CCc1nc(C2(N)CCC2)no1. The molecular formula is C17H27N5O. The van der Waals surface area contributed by atoms with Crippen molar-refractivity contribution in [1.29, 1.82) is 0 Å². The average Bonchev–Trinajstić information content (AvgIpc) is 3.01. The Morgan fingerprint density at radius 2 is 2.00 bits per heavy atom. The third-order valence-electron chi connectivity index (χ3n) is 4.82. The van der Waals surface area contributed by atoms with Crippen LogP contribution in [0.5, 0.6) is 0 Å². The maximum absolute atomic E-state index is 6.24. The largest absolute Gasteiger partial charge is 0.339 e. The van der Waals surface area contributed by atoms with E-state index in [1.54, 1.807) is 0 Å². The fraction of sp³-hybridized carbons (Fsp3) is 0.706. The van der Waals surface area contributed by atoms with Crippen LogP contribution in [0, 0.1) is 19.8 Å². The molecule has 23 heavy (non-hydrogen) atoms. The van der Waals surface area contributed by atoms with Crippen molar-refractivity contribution >= 4 is 0 Å². The quantitative estimate of drug-likeness (QED) is 0.885. The fourth-order valence-corrected chi connectivity index (χ4v) is 3.19. The van der Waals surface area contributed by atoms with Gasteiger partial charge < -0.3 is 10.3 Å². The van der Waals surface area contributed by atoms with Gasteiger partial charge in [-0.2, -0.15) is 10.1 Å². The van der Waals surface area contributed by atoms with E-state index < -0.39 is 0 Å². The van der Waals surface area contributed by atoms with Gasteiger partial charge in [-0.15, -0.1) is 0 Å². The van der Waals surface area contributed by atoms with Crippen molar-refractivity contribution in [2.45, 2.75) is 71.9 Å². The van der Waals surface area contributed by atoms with Crippen molar-refractivity contribution in [3.8, 4) is 0 Å². The van der Waals surface area contributed by atoms with Crippen LogP contribution < -0.4 is 5.73 Å². The second-order valence-corrected chi connectivity index (χ2v) is 7.25. The molecule has 1 fully saturated rings. The second kappa shape index (κ2) is 6.07. The molecule has 0 spiro atoms. The van der Waals surface area contributed by atoms with Crippen LogP contribution in [0.1, 0.15) is 61.8 Å². The number of hydrogen-bond acceptors (Lipinski definition) is 5. The summed E-state index contributed by atoms with van der Waals surface area (Å²) in [6.45, 7) is 9.58. The van der Waals surface area contributed by atoms with Crippen molar-refractivity contribution in [1.82, 2.24) is 19.9 Å². The molecule has 3 rings (SSSR count). The number of aryl methyl sites for hydroxylation is 2. The first-order chi connectivity index (χ1) is 10.9. The minimum atomic E-state index is -0.351. The lowest BCUT2D eigenvalue weighted by Gasteiger charge is -2.34. The van der Waals surface area contributed by atoms with Crippen LogP contribution in [0.2, 0.25) is 0 Å². The van der Waals surface area contributed by atoms with E-state index in [0.29, 0.717) is 17.6 Å². The van der Waals surface area contributed by atoms with Crippen LogP contribution in [0.15, 0.2) is 4.52 Å². The standard InChI is InChI=1S/C17H27N5O/c1-11(2)10-22-13(4)14(12(3)20-22)6-7-15-19-16(21-23-15)17(18)8-5-9-17/h11H,5-10,18H2,1-4H3. The van der Waals surface area contributed by atoms with Gasteiger partial charge in [0.1, 0.15) is 0 Å². The highest BCUT2D eigenvalue weighted by Gasteiger charge is 2.38. The minimum Gasteiger partial charge on any atom is -0.339 e. The summed E-state index contributed by atoms with van der Waals surface area (Å²) in [4.78, 5) is 4.50. The summed E-state index contributed by atoms with van der Waals surface area (Å²) in [5, 5.41) is 8.74. The Morgan fingerprint density at radius 1 is 1.26 bits per heavy atom. The molecule has 6 heteroatoms. The third kappa shape index (κ3) is 3.17. The molecule has 1 aliphatic carbocycles. The lowest BCUT2D eigenvalue weighted by Crippen LogP contribution is -2.44. The monoisotopic (exact) mass is 317 g/mol. The summed E-state index contributed by atoms with van der Waals surface area (Å²) in [5.74, 6) is 1.93. The number of aromatic nitrogens is 4. The van der Waals surface area contributed by atoms with Gasteiger partial charge in [0, 0.05) is 18.7 Å². The van der Waals surface area contributed by atoms with E-state index in [1.165, 1.54) is 11.3 Å². The number of nitrogens with two attached hydrogens (primary N) is 1. The maximum Gasteiger partial charge on any atom is 0.227 e. The summed E-state index contributed by atoms with van der Waals surface area (Å²) >= 11 is 0. The normalized spacial score (nSPS) is 16.8. The molecule has 2 N–H and O–H groups in total. The first-order valence-corrected chi connectivity index (χ1v) is 8.54. The van der Waals surface area contributed by atoms with Crippen LogP contribution in [0.4, 0.5) is 0 Å². The smallest absolute Gasteiger partial charge is 0.227 e. The van der Waals surface area contributed by atoms with E-state index in [9.17, 15) is 0 Å². The van der Waals surface area contributed by atoms with Crippen molar-refractivity contribution in [3.63, 3.8) is 0 Å². The molecule has 0 aromatic carbocycles. The van der Waals surface area contributed by atoms with E-state index in [-0.39, 0.29) is 5.54 Å². The number of hydrogen-bond donors (Lipinski definition) is 1. The van der Waals surface area contributed by atoms with Gasteiger partial charge in [-0.05, 0) is 51.0 Å². The molecule has 1 aliphatic rings. The zero-order valence-electron chi connectivity index (χ0n) is 14.6. The third-order valence-corrected chi connectivity index (χ3v) is 4.82. The highest BCUT2D eigenvalue weighted by molar-refractivity contribution is 5.25. The molecule has 0 saturated heterocycles. The van der Waals surface area contributed by atoms with E-state index in [1.807, 2.05) is 0 Å². The van der Waals surface area contributed by atoms with Crippen molar-refractivity contribution in [2.24, 2.45) is 11.7 Å². The molecule has 0 atom stereocenters. The Morgan fingerprint density at radius 3 is 2.61 bits per heavy atom. The zero-order valence-corrected chi connectivity index (χ0v) is 14.6. The first kappa shape index (κ1) is 16.2. The zero-order chi connectivity index (χ0) is 16.6. The van der Waals surface area contributed by atoms with Crippen LogP contribution in [-0.4, -0.2) is 19.9 Å². The van der Waals surface area contributed by atoms with Gasteiger partial charge in [0.25, 0.3) is 0 Å². The lowest BCUT2D eigenvalue weighted by molar-refractivity contribution is 0.229. The molecular weight excluding hydrogens is 290 g/mol. The highest BCUT2D eigenvalue weighted by atomic mass is 16.5. The topological polar surface area (TPSA) is 82.8 Å². The molecule has 0 aliphatic heterocycles. The van der Waals surface area contributed by atoms with Gasteiger partial charge in [0.2, 0.25) is 5.89 Å². The molecule has 2 aromatic rings. The van der Waals surface area contributed by atoms with Gasteiger partial charge in [0.15, 0.2) is 5.82 Å². The Labute approximate surface area is 137 Å². The second-order valence-electron chi connectivity index (χ2n) is 7.25. The molecule has 126 valence electrons. The van der Waals surface area contributed by atoms with Crippen LogP contribution in [0.3, 0.4) is 0 Å². The summed E-state index contributed by atoms with van der Waals surface area (Å²) in [7, 11) is 0. The van der Waals surface area contributed by atoms with Gasteiger partial charge in [0.05, 0.1) is 11.2 Å². The van der Waals surface area contributed by atoms with Gasteiger partial charge in [-0.1, -0.05) is 19.0 Å². The van der Waals surface area contributed by atoms with E-state index in [4.69, 9.17) is 10.3 Å². The van der Waals surface area contributed by atoms with E-state index in [2.05, 4.69) is 47.6 Å². The lowest BCUT2D eigenvalue weighted by atomic mass is 9.77. The van der Waals surface area contributed by atoms with Crippen molar-refractivity contribution in [3.05, 3.63) is 28.7 Å². The molecule has 0 radical (unpaired) electrons. The molecule has 0 amide bonds. The average molecular weight is 317 g/mol. The Kier molecular flexibility index (Phi) is 4.27. The van der Waals surface area contributed by atoms with Crippen molar-refractivity contribution in [2.75, 3.05) is 0 Å². The van der Waals surface area contributed by atoms with Crippen LogP contribution in [0.25, 0.3) is 0 Å². The maximum atomic E-state index is 6.24. The van der Waals surface area contributed by atoms with Crippen LogP contribution >= 0.6 is 0 Å². The van der Waals surface area contributed by atoms with Gasteiger partial charge >= 0.3 is 0 Å². The fourth-order valence-electron chi connectivity index (χ4n) is 3.19. The van der Waals surface area contributed by atoms with Gasteiger partial charge in [-0.25, -0.2) is 0 Å². The number of nitrogens with zero attached hydrogens (tertiary/aromatic N) is 4. The predicted octanol–water partition coefficient (Wildman–Crippen LogP) is 2.66. The summed E-state index contributed by atoms with van der Waals surface area (Å²) in [6.07, 6.45) is 4.65. The van der Waals surface area contributed by atoms with E-state index >= 15 is 0 Å². The van der Waals surface area contributed by atoms with E-state index in [0.717, 1.165) is 44.3 Å². The Balaban J connectivity index is 1.68. The van der Waals surface area contributed by atoms with Gasteiger partial charge in [-0.3, -0.25) is 4.68 Å². The molecule has 0 unspecified atom stereocenters. The first-order valence-electron chi connectivity index (χ1n) is 8.54. The summed E-state index contributed by atoms with van der Waals surface area (Å²) in [6, 6.07) is 0. The molecule has 1 saturated carbocycles. The predicted molar refractivity (Wildman–Crippen MR) is 88.0 cm³/mol. The minimum absolute atomic E-state index is 0.351. The highest BCUT2D eigenvalue weighted by Crippen LogP contribution is 2.36. The van der Waals surface area contributed by atoms with Crippen LogP contribution in [-0.2, 0) is 24.9 Å². The number of rotatable bonds is 6. The summed E-state index contributed by atoms with van der Waals surface area (Å²) < 4.78 is 7.50. The molecule has 2 aromatic heterocycles. The molecule has 0 bridgehead atoms. The summed E-state index contributed by atoms with van der Waals surface area (Å²) in [5.41, 5.74) is 9.52. The molecule has 2 heterocycles. The molecule has 6 nitrogen and oxygen atoms in total. The Bertz CT molecular complexity index is 681. The Hall–Kier alpha value is -1.69. The van der Waals surface area contributed by atoms with Crippen molar-refractivity contribution < 1.29 is 4.52 Å².